The van der Waals surface area contributed by atoms with Crippen molar-refractivity contribution in [3.63, 3.8) is 0 Å². The molecule has 0 spiro atoms. The van der Waals surface area contributed by atoms with E-state index in [1.165, 1.54) is 44.3 Å². The lowest BCUT2D eigenvalue weighted by Gasteiger charge is -2.12. The van der Waals surface area contributed by atoms with Crippen LogP contribution in [0.4, 0.5) is 0 Å². The molecule has 1 aliphatic heterocycles. The molecular formula is C15H24S. The van der Waals surface area contributed by atoms with Crippen LogP contribution in [0.5, 0.6) is 0 Å². The minimum absolute atomic E-state index is 0.830. The lowest BCUT2D eigenvalue weighted by molar-refractivity contribution is 0.555. The maximum Gasteiger partial charge on any atom is 0.0227 e. The SMILES string of the molecule is CC/C=C/C1CCCC1/C=C/C1CCCS1. The second-order valence-electron chi connectivity index (χ2n) is 5.03. The zero-order valence-electron chi connectivity index (χ0n) is 10.4. The van der Waals surface area contributed by atoms with Gasteiger partial charge in [-0.3, -0.25) is 0 Å². The van der Waals surface area contributed by atoms with Gasteiger partial charge in [-0.2, -0.15) is 11.8 Å². The molecule has 3 atom stereocenters. The van der Waals surface area contributed by atoms with Crippen LogP contribution < -0.4 is 0 Å². The molecule has 2 fully saturated rings. The molecule has 1 heteroatoms. The highest BCUT2D eigenvalue weighted by Gasteiger charge is 2.23. The fraction of sp³-hybridized carbons (Fsp3) is 0.733. The van der Waals surface area contributed by atoms with E-state index in [1.807, 2.05) is 0 Å². The number of rotatable bonds is 4. The van der Waals surface area contributed by atoms with Crippen molar-refractivity contribution in [2.24, 2.45) is 11.8 Å². The van der Waals surface area contributed by atoms with Crippen molar-refractivity contribution in [2.45, 2.75) is 50.7 Å². The van der Waals surface area contributed by atoms with Crippen molar-refractivity contribution in [2.75, 3.05) is 5.75 Å². The minimum atomic E-state index is 0.830. The zero-order valence-corrected chi connectivity index (χ0v) is 11.2. The Morgan fingerprint density at radius 2 is 1.81 bits per heavy atom. The van der Waals surface area contributed by atoms with Gasteiger partial charge in [-0.1, -0.05) is 37.6 Å². The van der Waals surface area contributed by atoms with Gasteiger partial charge in [0.05, 0.1) is 0 Å². The smallest absolute Gasteiger partial charge is 0.0227 e. The number of thioether (sulfide) groups is 1. The van der Waals surface area contributed by atoms with Crippen molar-refractivity contribution >= 4 is 11.8 Å². The van der Waals surface area contributed by atoms with Crippen LogP contribution in [0.3, 0.4) is 0 Å². The van der Waals surface area contributed by atoms with E-state index in [0.717, 1.165) is 17.1 Å². The highest BCUT2D eigenvalue weighted by atomic mass is 32.2. The summed E-state index contributed by atoms with van der Waals surface area (Å²) in [5.74, 6) is 3.05. The van der Waals surface area contributed by atoms with E-state index < -0.39 is 0 Å². The molecule has 0 aromatic carbocycles. The van der Waals surface area contributed by atoms with E-state index in [2.05, 4.69) is 43.0 Å². The molecule has 0 aromatic rings. The Morgan fingerprint density at radius 3 is 2.50 bits per heavy atom. The van der Waals surface area contributed by atoms with Crippen LogP contribution in [0.2, 0.25) is 0 Å². The predicted octanol–water partition coefficient (Wildman–Crippen LogP) is 4.82. The average molecular weight is 236 g/mol. The summed E-state index contributed by atoms with van der Waals surface area (Å²) in [6.45, 7) is 2.23. The number of allylic oxidation sites excluding steroid dienone is 3. The summed E-state index contributed by atoms with van der Waals surface area (Å²) in [5, 5.41) is 0.830. The molecule has 0 bridgehead atoms. The minimum Gasteiger partial charge on any atom is -0.154 e. The third-order valence-electron chi connectivity index (χ3n) is 3.78. The van der Waals surface area contributed by atoms with E-state index in [-0.39, 0.29) is 0 Å². The molecule has 1 heterocycles. The Bertz CT molecular complexity index is 248. The van der Waals surface area contributed by atoms with E-state index in [9.17, 15) is 0 Å². The van der Waals surface area contributed by atoms with Gasteiger partial charge in [0, 0.05) is 5.25 Å². The Balaban J connectivity index is 1.84. The maximum atomic E-state index is 2.53. The highest BCUT2D eigenvalue weighted by Crippen LogP contribution is 2.35. The van der Waals surface area contributed by atoms with Gasteiger partial charge in [0.15, 0.2) is 0 Å². The summed E-state index contributed by atoms with van der Waals surface area (Å²) in [6, 6.07) is 0. The van der Waals surface area contributed by atoms with Crippen molar-refractivity contribution in [3.05, 3.63) is 24.3 Å². The van der Waals surface area contributed by atoms with Gasteiger partial charge in [0.25, 0.3) is 0 Å². The maximum absolute atomic E-state index is 2.53. The van der Waals surface area contributed by atoms with Crippen LogP contribution >= 0.6 is 11.8 Å². The standard InChI is InChI=1S/C15H24S/c1-2-3-6-13-7-4-8-14(13)10-11-15-9-5-12-16-15/h3,6,10-11,13-15H,2,4-5,7-9,12H2,1H3/b6-3+,11-10+. The average Bonchev–Trinajstić information content (AvgIpc) is 2.94. The summed E-state index contributed by atoms with van der Waals surface area (Å²) in [7, 11) is 0. The Hall–Kier alpha value is -0.170. The third-order valence-corrected chi connectivity index (χ3v) is 5.13. The topological polar surface area (TPSA) is 0 Å². The Morgan fingerprint density at radius 1 is 1.00 bits per heavy atom. The molecule has 2 rings (SSSR count). The molecule has 0 radical (unpaired) electrons. The first-order valence-corrected chi connectivity index (χ1v) is 7.91. The highest BCUT2D eigenvalue weighted by molar-refractivity contribution is 8.00. The van der Waals surface area contributed by atoms with Crippen molar-refractivity contribution in [3.8, 4) is 0 Å². The van der Waals surface area contributed by atoms with E-state index in [0.29, 0.717) is 0 Å². The fourth-order valence-corrected chi connectivity index (χ4v) is 4.00. The van der Waals surface area contributed by atoms with Crippen LogP contribution in [0.15, 0.2) is 24.3 Å². The van der Waals surface area contributed by atoms with Crippen LogP contribution in [-0.4, -0.2) is 11.0 Å². The molecular weight excluding hydrogens is 212 g/mol. The van der Waals surface area contributed by atoms with E-state index >= 15 is 0 Å². The molecule has 0 nitrogen and oxygen atoms in total. The van der Waals surface area contributed by atoms with E-state index in [1.54, 1.807) is 0 Å². The molecule has 0 N–H and O–H groups in total. The third kappa shape index (κ3) is 3.41. The van der Waals surface area contributed by atoms with Crippen LogP contribution in [0.25, 0.3) is 0 Å². The lowest BCUT2D eigenvalue weighted by Crippen LogP contribution is -2.02. The molecule has 3 unspecified atom stereocenters. The number of hydrogen-bond donors (Lipinski definition) is 0. The molecule has 0 aromatic heterocycles. The van der Waals surface area contributed by atoms with E-state index in [4.69, 9.17) is 0 Å². The van der Waals surface area contributed by atoms with Gasteiger partial charge in [-0.15, -0.1) is 0 Å². The van der Waals surface area contributed by atoms with Gasteiger partial charge in [0.1, 0.15) is 0 Å². The van der Waals surface area contributed by atoms with Gasteiger partial charge in [0.2, 0.25) is 0 Å². The molecule has 0 amide bonds. The summed E-state index contributed by atoms with van der Waals surface area (Å²) in [6.07, 6.45) is 18.1. The largest absolute Gasteiger partial charge is 0.154 e. The second-order valence-corrected chi connectivity index (χ2v) is 6.38. The summed E-state index contributed by atoms with van der Waals surface area (Å²) in [5.41, 5.74) is 0. The normalized spacial score (nSPS) is 35.7. The molecule has 16 heavy (non-hydrogen) atoms. The fourth-order valence-electron chi connectivity index (χ4n) is 2.83. The molecule has 90 valence electrons. The van der Waals surface area contributed by atoms with Crippen LogP contribution in [0, 0.1) is 11.8 Å². The van der Waals surface area contributed by atoms with Crippen molar-refractivity contribution < 1.29 is 0 Å². The molecule has 1 saturated heterocycles. The molecule has 2 aliphatic rings. The zero-order chi connectivity index (χ0) is 11.2. The molecule has 1 saturated carbocycles. The van der Waals surface area contributed by atoms with Gasteiger partial charge < -0.3 is 0 Å². The van der Waals surface area contributed by atoms with Gasteiger partial charge in [-0.25, -0.2) is 0 Å². The monoisotopic (exact) mass is 236 g/mol. The lowest BCUT2D eigenvalue weighted by atomic mass is 9.94. The second kappa shape index (κ2) is 6.54. The number of hydrogen-bond acceptors (Lipinski definition) is 1. The quantitative estimate of drug-likeness (QED) is 0.631. The summed E-state index contributed by atoms with van der Waals surface area (Å²) in [4.78, 5) is 0. The van der Waals surface area contributed by atoms with Crippen LogP contribution in [0.1, 0.15) is 45.4 Å². The van der Waals surface area contributed by atoms with Crippen molar-refractivity contribution in [1.29, 1.82) is 0 Å². The Labute approximate surface area is 105 Å². The Kier molecular flexibility index (Phi) is 5.02. The predicted molar refractivity (Wildman–Crippen MR) is 74.9 cm³/mol. The van der Waals surface area contributed by atoms with Gasteiger partial charge in [-0.05, 0) is 49.7 Å². The summed E-state index contributed by atoms with van der Waals surface area (Å²) < 4.78 is 0. The van der Waals surface area contributed by atoms with Gasteiger partial charge >= 0.3 is 0 Å². The van der Waals surface area contributed by atoms with Crippen molar-refractivity contribution in [1.82, 2.24) is 0 Å². The summed E-state index contributed by atoms with van der Waals surface area (Å²) >= 11 is 2.14. The first-order chi connectivity index (χ1) is 7.90. The molecule has 1 aliphatic carbocycles. The van der Waals surface area contributed by atoms with Crippen LogP contribution in [-0.2, 0) is 0 Å². The first kappa shape index (κ1) is 12.3. The first-order valence-electron chi connectivity index (χ1n) is 6.86.